The van der Waals surface area contributed by atoms with Gasteiger partial charge in [0.1, 0.15) is 23.8 Å². The van der Waals surface area contributed by atoms with Crippen LogP contribution in [-0.2, 0) is 12.8 Å². The van der Waals surface area contributed by atoms with Gasteiger partial charge in [-0.1, -0.05) is 30.3 Å². The third-order valence-corrected chi connectivity index (χ3v) is 4.27. The maximum atomic E-state index is 14.4. The third-order valence-electron chi connectivity index (χ3n) is 4.27. The van der Waals surface area contributed by atoms with Gasteiger partial charge in [0.15, 0.2) is 11.6 Å². The molecule has 174 valence electrons. The van der Waals surface area contributed by atoms with Crippen LogP contribution in [0.25, 0.3) is 0 Å². The third kappa shape index (κ3) is 5.74. The molecule has 11 heteroatoms. The zero-order valence-electron chi connectivity index (χ0n) is 17.1. The number of hydrogen-bond donors (Lipinski definition) is 0. The second-order valence-corrected chi connectivity index (χ2v) is 6.75. The first kappa shape index (κ1) is 22.9. The standard InChI is InChI=1S/C23H14F5N3O3/c24-17-10-15(6-8-19(17)33-16-7-9-20(29-11-16)23(26,27)28)34-21-18(25)12-30-22(31-21)32-13-14-4-2-1-3-5-14/h1-12H,13H2. The maximum absolute atomic E-state index is 14.4. The van der Waals surface area contributed by atoms with Crippen molar-refractivity contribution in [3.8, 4) is 29.1 Å². The van der Waals surface area contributed by atoms with Crippen LogP contribution in [0.5, 0.6) is 29.1 Å². The van der Waals surface area contributed by atoms with Gasteiger partial charge in [-0.2, -0.15) is 22.5 Å². The Morgan fingerprint density at radius 1 is 0.765 bits per heavy atom. The summed E-state index contributed by atoms with van der Waals surface area (Å²) >= 11 is 0. The van der Waals surface area contributed by atoms with Crippen LogP contribution in [0.3, 0.4) is 0 Å². The van der Waals surface area contributed by atoms with Crippen molar-refractivity contribution in [1.29, 1.82) is 0 Å². The summed E-state index contributed by atoms with van der Waals surface area (Å²) in [5.41, 5.74) is -0.262. The van der Waals surface area contributed by atoms with E-state index in [1.165, 1.54) is 6.07 Å². The number of aromatic nitrogens is 3. The summed E-state index contributed by atoms with van der Waals surface area (Å²) in [5, 5.41) is 0. The normalized spacial score (nSPS) is 11.2. The summed E-state index contributed by atoms with van der Waals surface area (Å²) in [6.45, 7) is 0.144. The molecule has 0 atom stereocenters. The van der Waals surface area contributed by atoms with Gasteiger partial charge >= 0.3 is 12.2 Å². The zero-order valence-corrected chi connectivity index (χ0v) is 17.1. The first-order valence-electron chi connectivity index (χ1n) is 9.66. The van der Waals surface area contributed by atoms with Crippen LogP contribution in [0.15, 0.2) is 73.1 Å². The summed E-state index contributed by atoms with van der Waals surface area (Å²) in [6, 6.07) is 14.1. The van der Waals surface area contributed by atoms with Crippen molar-refractivity contribution in [1.82, 2.24) is 15.0 Å². The van der Waals surface area contributed by atoms with Gasteiger partial charge in [0.2, 0.25) is 5.82 Å². The van der Waals surface area contributed by atoms with E-state index in [0.29, 0.717) is 6.07 Å². The number of benzene rings is 2. The van der Waals surface area contributed by atoms with Crippen molar-refractivity contribution >= 4 is 0 Å². The molecule has 0 unspecified atom stereocenters. The molecule has 0 saturated carbocycles. The highest BCUT2D eigenvalue weighted by molar-refractivity contribution is 5.38. The Labute approximate surface area is 189 Å². The zero-order chi connectivity index (χ0) is 24.1. The highest BCUT2D eigenvalue weighted by atomic mass is 19.4. The molecule has 4 rings (SSSR count). The van der Waals surface area contributed by atoms with E-state index in [0.717, 1.165) is 36.2 Å². The Bertz CT molecular complexity index is 1270. The largest absolute Gasteiger partial charge is 0.459 e. The Kier molecular flexibility index (Phi) is 6.53. The monoisotopic (exact) mass is 475 g/mol. The molecule has 4 aromatic rings. The molecule has 0 bridgehead atoms. The molecule has 0 aliphatic rings. The molecular formula is C23H14F5N3O3. The van der Waals surface area contributed by atoms with Crippen LogP contribution < -0.4 is 14.2 Å². The van der Waals surface area contributed by atoms with E-state index in [4.69, 9.17) is 14.2 Å². The first-order valence-corrected chi connectivity index (χ1v) is 9.66. The minimum atomic E-state index is -4.61. The van der Waals surface area contributed by atoms with Gasteiger partial charge in [0.05, 0.1) is 12.4 Å². The van der Waals surface area contributed by atoms with Crippen molar-refractivity contribution in [3.05, 3.63) is 95.9 Å². The number of hydrogen-bond acceptors (Lipinski definition) is 6. The molecule has 0 fully saturated rings. The molecule has 0 spiro atoms. The van der Waals surface area contributed by atoms with Gasteiger partial charge < -0.3 is 14.2 Å². The van der Waals surface area contributed by atoms with Crippen LogP contribution >= 0.6 is 0 Å². The van der Waals surface area contributed by atoms with E-state index >= 15 is 0 Å². The summed E-state index contributed by atoms with van der Waals surface area (Å²) < 4.78 is 82.2. The van der Waals surface area contributed by atoms with Crippen LogP contribution in [0.1, 0.15) is 11.3 Å². The molecule has 0 radical (unpaired) electrons. The fourth-order valence-corrected chi connectivity index (χ4v) is 2.67. The van der Waals surface area contributed by atoms with Crippen LogP contribution in [0.4, 0.5) is 22.0 Å². The van der Waals surface area contributed by atoms with E-state index < -0.39 is 29.4 Å². The smallest absolute Gasteiger partial charge is 0.433 e. The Morgan fingerprint density at radius 3 is 2.21 bits per heavy atom. The second-order valence-electron chi connectivity index (χ2n) is 6.75. The van der Waals surface area contributed by atoms with Gasteiger partial charge in [-0.15, -0.1) is 0 Å². The lowest BCUT2D eigenvalue weighted by Gasteiger charge is -2.11. The molecule has 2 aromatic carbocycles. The number of halogens is 5. The molecule has 2 aromatic heterocycles. The average molecular weight is 475 g/mol. The number of nitrogens with zero attached hydrogens (tertiary/aromatic N) is 3. The molecule has 0 aliphatic heterocycles. The highest BCUT2D eigenvalue weighted by Crippen LogP contribution is 2.32. The summed E-state index contributed by atoms with van der Waals surface area (Å²) in [5.74, 6) is -2.82. The molecular weight excluding hydrogens is 461 g/mol. The van der Waals surface area contributed by atoms with E-state index in [1.54, 1.807) is 0 Å². The van der Waals surface area contributed by atoms with Gasteiger partial charge in [0.25, 0.3) is 5.88 Å². The lowest BCUT2D eigenvalue weighted by atomic mass is 10.2. The van der Waals surface area contributed by atoms with Crippen molar-refractivity contribution in [2.24, 2.45) is 0 Å². The Hall–Kier alpha value is -4.28. The predicted molar refractivity (Wildman–Crippen MR) is 109 cm³/mol. The van der Waals surface area contributed by atoms with Crippen molar-refractivity contribution in [3.63, 3.8) is 0 Å². The molecule has 2 heterocycles. The predicted octanol–water partition coefficient (Wildman–Crippen LogP) is 6.33. The van der Waals surface area contributed by atoms with Crippen molar-refractivity contribution in [2.45, 2.75) is 12.8 Å². The lowest BCUT2D eigenvalue weighted by molar-refractivity contribution is -0.141. The van der Waals surface area contributed by atoms with Gasteiger partial charge in [-0.25, -0.2) is 14.4 Å². The van der Waals surface area contributed by atoms with Gasteiger partial charge in [-0.3, -0.25) is 0 Å². The van der Waals surface area contributed by atoms with Gasteiger partial charge in [-0.05, 0) is 29.8 Å². The van der Waals surface area contributed by atoms with E-state index in [2.05, 4.69) is 15.0 Å². The average Bonchev–Trinajstić information content (AvgIpc) is 2.82. The Morgan fingerprint density at radius 2 is 1.53 bits per heavy atom. The minimum Gasteiger partial charge on any atom is -0.459 e. The van der Waals surface area contributed by atoms with E-state index in [1.807, 2.05) is 30.3 Å². The molecule has 0 N–H and O–H groups in total. The summed E-state index contributed by atoms with van der Waals surface area (Å²) in [6.07, 6.45) is -2.93. The fourth-order valence-electron chi connectivity index (χ4n) is 2.67. The first-order chi connectivity index (χ1) is 16.3. The lowest BCUT2D eigenvalue weighted by Crippen LogP contribution is -2.07. The second kappa shape index (κ2) is 9.69. The van der Waals surface area contributed by atoms with Crippen molar-refractivity contribution in [2.75, 3.05) is 0 Å². The molecule has 6 nitrogen and oxygen atoms in total. The molecule has 0 saturated heterocycles. The number of alkyl halides is 3. The van der Waals surface area contributed by atoms with Crippen LogP contribution in [-0.4, -0.2) is 15.0 Å². The van der Waals surface area contributed by atoms with Gasteiger partial charge in [0, 0.05) is 6.07 Å². The quantitative estimate of drug-likeness (QED) is 0.291. The minimum absolute atomic E-state index is 0.109. The highest BCUT2D eigenvalue weighted by Gasteiger charge is 2.32. The summed E-state index contributed by atoms with van der Waals surface area (Å²) in [7, 11) is 0. The number of pyridine rings is 1. The number of rotatable bonds is 7. The van der Waals surface area contributed by atoms with Crippen LogP contribution in [0, 0.1) is 11.6 Å². The Balaban J connectivity index is 1.44. The fraction of sp³-hybridized carbons (Fsp3) is 0.0870. The van der Waals surface area contributed by atoms with E-state index in [9.17, 15) is 22.0 Å². The molecule has 0 aliphatic carbocycles. The van der Waals surface area contributed by atoms with Crippen LogP contribution in [0.2, 0.25) is 0 Å². The van der Waals surface area contributed by atoms with Crippen molar-refractivity contribution < 1.29 is 36.2 Å². The summed E-state index contributed by atoms with van der Waals surface area (Å²) in [4.78, 5) is 10.8. The molecule has 34 heavy (non-hydrogen) atoms. The van der Waals surface area contributed by atoms with E-state index in [-0.39, 0.29) is 29.9 Å². The SMILES string of the molecule is Fc1cc(Oc2nc(OCc3ccccc3)ncc2F)ccc1Oc1ccc(C(F)(F)F)nc1. The number of ether oxygens (including phenoxy) is 3. The topological polar surface area (TPSA) is 66.4 Å². The molecule has 0 amide bonds. The maximum Gasteiger partial charge on any atom is 0.433 e.